The van der Waals surface area contributed by atoms with Crippen LogP contribution in [0.4, 0.5) is 24.5 Å². The van der Waals surface area contributed by atoms with Gasteiger partial charge in [-0.3, -0.25) is 19.2 Å². The monoisotopic (exact) mass is 691 g/mol. The Morgan fingerprint density at radius 1 is 0.958 bits per heavy atom. The summed E-state index contributed by atoms with van der Waals surface area (Å²) in [5, 5.41) is 3.33. The topological polar surface area (TPSA) is 109 Å². The number of carbonyl (C=O) groups excluding carboxylic acids is 3. The molecule has 0 radical (unpaired) electrons. The highest BCUT2D eigenvalue weighted by atomic mass is 32.2. The maximum absolute atomic E-state index is 14.1. The molecule has 0 spiro atoms. The number of rotatable bonds is 6. The molecule has 1 aromatic heterocycles. The summed E-state index contributed by atoms with van der Waals surface area (Å²) in [6.07, 6.45) is -4.18. The Hall–Kier alpha value is -4.36. The maximum Gasteiger partial charge on any atom is 0.418 e. The molecule has 2 aliphatic carbocycles. The fraction of sp³-hybridized carbons (Fsp3) is 0.314. The summed E-state index contributed by atoms with van der Waals surface area (Å²) in [6.45, 7) is 1.68. The van der Waals surface area contributed by atoms with E-state index >= 15 is 0 Å². The zero-order valence-corrected chi connectivity index (χ0v) is 27.0. The molecular formula is C35H28F3N3O5S2. The second kappa shape index (κ2) is 11.4. The van der Waals surface area contributed by atoms with Crippen molar-refractivity contribution >= 4 is 52.2 Å². The number of H-pyrrole nitrogens is 1. The van der Waals surface area contributed by atoms with Gasteiger partial charge in [-0.2, -0.15) is 13.2 Å². The molecule has 4 unspecified atom stereocenters. The molecule has 3 heterocycles. The van der Waals surface area contributed by atoms with Gasteiger partial charge in [0, 0.05) is 27.3 Å². The third-order valence-corrected chi connectivity index (χ3v) is 12.7. The molecule has 1 saturated heterocycles. The highest BCUT2D eigenvalue weighted by molar-refractivity contribution is 8.00. The number of aromatic amines is 1. The van der Waals surface area contributed by atoms with Crippen LogP contribution in [0, 0.1) is 36.5 Å². The number of imide groups is 1. The lowest BCUT2D eigenvalue weighted by Gasteiger charge is -2.43. The van der Waals surface area contributed by atoms with Crippen molar-refractivity contribution in [2.75, 3.05) is 16.8 Å². The second-order valence-corrected chi connectivity index (χ2v) is 14.9. The number of alkyl halides is 3. The third-order valence-electron chi connectivity index (χ3n) is 10.1. The summed E-state index contributed by atoms with van der Waals surface area (Å²) in [4.78, 5) is 57.8. The van der Waals surface area contributed by atoms with E-state index < -0.39 is 47.0 Å². The molecule has 8 nitrogen and oxygen atoms in total. The lowest BCUT2D eigenvalue weighted by molar-refractivity contribution is -0.137. The molecule has 7 atom stereocenters. The van der Waals surface area contributed by atoms with Crippen LogP contribution in [-0.2, 0) is 20.6 Å². The van der Waals surface area contributed by atoms with E-state index in [1.54, 1.807) is 24.3 Å². The fourth-order valence-electron chi connectivity index (χ4n) is 8.36. The summed E-state index contributed by atoms with van der Waals surface area (Å²) in [5.74, 6) is -3.84. The maximum atomic E-state index is 14.1. The van der Waals surface area contributed by atoms with Gasteiger partial charge in [0.05, 0.1) is 28.1 Å². The molecule has 48 heavy (non-hydrogen) atoms. The number of thiazole rings is 1. The number of ether oxygens (including phenoxy) is 1. The van der Waals surface area contributed by atoms with Crippen molar-refractivity contribution in [3.05, 3.63) is 104 Å². The molecule has 13 heteroatoms. The first-order chi connectivity index (χ1) is 23.0. The van der Waals surface area contributed by atoms with Crippen LogP contribution in [0.5, 0.6) is 5.75 Å². The predicted octanol–water partition coefficient (Wildman–Crippen LogP) is 6.46. The first-order valence-corrected chi connectivity index (χ1v) is 17.2. The third kappa shape index (κ3) is 4.89. The normalized spacial score (nSPS) is 27.1. The smallest absolute Gasteiger partial charge is 0.418 e. The van der Waals surface area contributed by atoms with E-state index in [0.29, 0.717) is 22.9 Å². The summed E-state index contributed by atoms with van der Waals surface area (Å²) >= 11 is 2.56. The lowest BCUT2D eigenvalue weighted by Crippen LogP contribution is -2.42. The molecule has 2 saturated carbocycles. The molecule has 246 valence electrons. The number of para-hydroxylation sites is 2. The number of carbonyl (C=O) groups is 3. The van der Waals surface area contributed by atoms with Crippen LogP contribution in [0.3, 0.4) is 0 Å². The van der Waals surface area contributed by atoms with Crippen LogP contribution in [0.15, 0.2) is 82.6 Å². The van der Waals surface area contributed by atoms with Gasteiger partial charge in [0.15, 0.2) is 6.61 Å². The number of halogens is 3. The van der Waals surface area contributed by atoms with Gasteiger partial charge >= 0.3 is 11.0 Å². The molecule has 2 bridgehead atoms. The molecule has 3 fully saturated rings. The van der Waals surface area contributed by atoms with E-state index in [4.69, 9.17) is 4.74 Å². The number of aryl methyl sites for hydroxylation is 1. The first-order valence-electron chi connectivity index (χ1n) is 15.5. The van der Waals surface area contributed by atoms with Gasteiger partial charge in [0.1, 0.15) is 5.75 Å². The van der Waals surface area contributed by atoms with E-state index in [1.807, 2.05) is 31.2 Å². The minimum Gasteiger partial charge on any atom is -0.483 e. The molecule has 4 aromatic rings. The number of nitrogens with zero attached hydrogens (tertiary/aromatic N) is 1. The van der Waals surface area contributed by atoms with Crippen molar-refractivity contribution in [3.8, 4) is 5.75 Å². The Morgan fingerprint density at radius 3 is 2.40 bits per heavy atom. The van der Waals surface area contributed by atoms with E-state index in [0.717, 1.165) is 38.3 Å². The van der Waals surface area contributed by atoms with Crippen LogP contribution < -0.4 is 19.8 Å². The predicted molar refractivity (Wildman–Crippen MR) is 174 cm³/mol. The quantitative estimate of drug-likeness (QED) is 0.225. The Morgan fingerprint density at radius 2 is 1.65 bits per heavy atom. The van der Waals surface area contributed by atoms with E-state index in [-0.39, 0.29) is 40.4 Å². The van der Waals surface area contributed by atoms with Crippen LogP contribution in [0.1, 0.15) is 33.9 Å². The van der Waals surface area contributed by atoms with Gasteiger partial charge in [-0.1, -0.05) is 59.4 Å². The van der Waals surface area contributed by atoms with Gasteiger partial charge in [-0.25, -0.2) is 4.90 Å². The average Bonchev–Trinajstić information content (AvgIpc) is 3.79. The number of benzene rings is 3. The molecule has 2 N–H and O–H groups in total. The number of amides is 3. The Labute approximate surface area is 280 Å². The van der Waals surface area contributed by atoms with Crippen molar-refractivity contribution in [2.24, 2.45) is 29.6 Å². The van der Waals surface area contributed by atoms with Crippen LogP contribution in [0.2, 0.25) is 0 Å². The first kappa shape index (κ1) is 30.9. The van der Waals surface area contributed by atoms with Crippen molar-refractivity contribution in [1.82, 2.24) is 4.98 Å². The van der Waals surface area contributed by atoms with Gasteiger partial charge in [-0.15, -0.1) is 11.8 Å². The fourth-order valence-corrected chi connectivity index (χ4v) is 11.2. The van der Waals surface area contributed by atoms with Crippen molar-refractivity contribution in [1.29, 1.82) is 0 Å². The van der Waals surface area contributed by atoms with Crippen LogP contribution in [-0.4, -0.2) is 34.6 Å². The Bertz CT molecular complexity index is 2030. The van der Waals surface area contributed by atoms with Crippen molar-refractivity contribution < 1.29 is 32.3 Å². The molecular weight excluding hydrogens is 664 g/mol. The Kier molecular flexibility index (Phi) is 7.33. The average molecular weight is 692 g/mol. The summed E-state index contributed by atoms with van der Waals surface area (Å²) in [7, 11) is 0. The van der Waals surface area contributed by atoms with Gasteiger partial charge in [-0.05, 0) is 61.4 Å². The number of anilines is 2. The number of hydrogen-bond acceptors (Lipinski definition) is 7. The highest BCUT2D eigenvalue weighted by Crippen LogP contribution is 2.69. The van der Waals surface area contributed by atoms with Crippen LogP contribution >= 0.6 is 23.1 Å². The molecule has 3 aromatic carbocycles. The summed E-state index contributed by atoms with van der Waals surface area (Å²) in [5.41, 5.74) is 0.971. The largest absolute Gasteiger partial charge is 0.483 e. The zero-order valence-electron chi connectivity index (χ0n) is 25.3. The van der Waals surface area contributed by atoms with Gasteiger partial charge < -0.3 is 15.0 Å². The molecule has 8 rings (SSSR count). The number of nitrogens with one attached hydrogen (secondary N) is 2. The Balaban J connectivity index is 1.13. The van der Waals surface area contributed by atoms with E-state index in [2.05, 4.69) is 10.3 Å². The van der Waals surface area contributed by atoms with Crippen molar-refractivity contribution in [3.63, 3.8) is 0 Å². The van der Waals surface area contributed by atoms with E-state index in [1.165, 1.54) is 30.0 Å². The van der Waals surface area contributed by atoms with Crippen molar-refractivity contribution in [2.45, 2.75) is 35.7 Å². The SMILES string of the molecule is Cc1ccc(NC(=O)COc2ccccc2[C@H]2c3sc(=O)[nH]c3SC3C2[C@H]2C[C@@H]3C3C(=O)N(c4ccccc4C(F)(F)F)C(=O)C32)cc1. The van der Waals surface area contributed by atoms with E-state index in [9.17, 15) is 32.3 Å². The highest BCUT2D eigenvalue weighted by Gasteiger charge is 2.70. The van der Waals surface area contributed by atoms with Gasteiger partial charge in [0.25, 0.3) is 5.91 Å². The molecule has 3 amide bonds. The molecule has 2 aliphatic heterocycles. The van der Waals surface area contributed by atoms with Crippen LogP contribution in [0.25, 0.3) is 0 Å². The summed E-state index contributed by atoms with van der Waals surface area (Å²) < 4.78 is 48.1. The number of hydrogen-bond donors (Lipinski definition) is 2. The zero-order chi connectivity index (χ0) is 33.5. The molecule has 4 aliphatic rings. The lowest BCUT2D eigenvalue weighted by atomic mass is 9.68. The standard InChI is InChI=1S/C35H28F3N3O5S2/c1-16-10-12-17(13-11-16)39-24(42)15-46-23-9-5-2-6-18(23)25-26-19-14-20(29(26)47-31-30(25)48-34(45)40-31)28-27(19)32(43)41(33(28)44)22-8-4-3-7-21(22)35(36,37)38/h2-13,19-20,25-29H,14-15H2,1H3,(H,39,42)(H,40,45)/t19-,20-,25-,26?,27?,28?,29?/m1/s1. The van der Waals surface area contributed by atoms with Gasteiger partial charge in [0.2, 0.25) is 11.8 Å². The second-order valence-electron chi connectivity index (χ2n) is 12.7. The minimum absolute atomic E-state index is 0.175. The number of thioether (sulfide) groups is 1. The number of fused-ring (bicyclic) bond motifs is 9. The summed E-state index contributed by atoms with van der Waals surface area (Å²) in [6, 6.07) is 19.4. The number of aromatic nitrogens is 1. The minimum atomic E-state index is -4.75.